The molecule has 2 aromatic rings. The molecule has 0 aliphatic rings. The molecule has 2 heterocycles. The molecule has 0 atom stereocenters. The first-order chi connectivity index (χ1) is 9.16. The standard InChI is InChI=1S/C13H16N4OS/c1-17(2)8-7-15-12(18)11-9-19-13(16-11)10-5-3-4-6-14-10/h3-6,9H,7-8H2,1-2H3,(H,15,18). The zero-order valence-electron chi connectivity index (χ0n) is 11.0. The molecular formula is C13H16N4OS. The Bertz CT molecular complexity index is 539. The molecule has 2 rings (SSSR count). The number of hydrogen-bond acceptors (Lipinski definition) is 5. The number of rotatable bonds is 5. The molecule has 0 aliphatic carbocycles. The molecule has 2 aromatic heterocycles. The predicted octanol–water partition coefficient (Wildman–Crippen LogP) is 1.50. The van der Waals surface area contributed by atoms with Gasteiger partial charge >= 0.3 is 0 Å². The molecule has 0 unspecified atom stereocenters. The van der Waals surface area contributed by atoms with E-state index in [1.54, 1.807) is 11.6 Å². The maximum Gasteiger partial charge on any atom is 0.270 e. The van der Waals surface area contributed by atoms with Gasteiger partial charge in [-0.25, -0.2) is 4.98 Å². The third-order valence-electron chi connectivity index (χ3n) is 2.47. The van der Waals surface area contributed by atoms with Crippen molar-refractivity contribution in [2.45, 2.75) is 0 Å². The first-order valence-corrected chi connectivity index (χ1v) is 6.84. The lowest BCUT2D eigenvalue weighted by molar-refractivity contribution is 0.0947. The highest BCUT2D eigenvalue weighted by atomic mass is 32.1. The second-order valence-electron chi connectivity index (χ2n) is 4.31. The first-order valence-electron chi connectivity index (χ1n) is 5.96. The molecule has 19 heavy (non-hydrogen) atoms. The van der Waals surface area contributed by atoms with Crippen molar-refractivity contribution in [3.05, 3.63) is 35.5 Å². The summed E-state index contributed by atoms with van der Waals surface area (Å²) in [5, 5.41) is 5.36. The molecule has 0 bridgehead atoms. The van der Waals surface area contributed by atoms with E-state index < -0.39 is 0 Å². The molecule has 1 N–H and O–H groups in total. The molecule has 0 saturated carbocycles. The van der Waals surface area contributed by atoms with E-state index in [0.29, 0.717) is 12.2 Å². The fourth-order valence-electron chi connectivity index (χ4n) is 1.47. The molecule has 0 aromatic carbocycles. The summed E-state index contributed by atoms with van der Waals surface area (Å²) in [5.41, 5.74) is 1.24. The molecule has 5 nitrogen and oxygen atoms in total. The first kappa shape index (κ1) is 13.6. The van der Waals surface area contributed by atoms with Crippen LogP contribution in [-0.4, -0.2) is 48.0 Å². The van der Waals surface area contributed by atoms with Crippen LogP contribution in [0.4, 0.5) is 0 Å². The van der Waals surface area contributed by atoms with Gasteiger partial charge in [-0.05, 0) is 26.2 Å². The Morgan fingerprint density at radius 1 is 1.42 bits per heavy atom. The average molecular weight is 276 g/mol. The molecule has 0 aliphatic heterocycles. The van der Waals surface area contributed by atoms with Crippen LogP contribution in [0.5, 0.6) is 0 Å². The number of pyridine rings is 1. The third-order valence-corrected chi connectivity index (χ3v) is 3.33. The Hall–Kier alpha value is -1.79. The van der Waals surface area contributed by atoms with E-state index in [1.165, 1.54) is 11.3 Å². The Morgan fingerprint density at radius 2 is 2.26 bits per heavy atom. The fraction of sp³-hybridized carbons (Fsp3) is 0.308. The van der Waals surface area contributed by atoms with Crippen LogP contribution >= 0.6 is 11.3 Å². The van der Waals surface area contributed by atoms with Crippen molar-refractivity contribution < 1.29 is 4.79 Å². The molecule has 0 radical (unpaired) electrons. The van der Waals surface area contributed by atoms with E-state index >= 15 is 0 Å². The van der Waals surface area contributed by atoms with E-state index in [1.807, 2.05) is 37.2 Å². The van der Waals surface area contributed by atoms with Crippen molar-refractivity contribution in [1.29, 1.82) is 0 Å². The van der Waals surface area contributed by atoms with Gasteiger partial charge in [0.25, 0.3) is 5.91 Å². The van der Waals surface area contributed by atoms with Crippen molar-refractivity contribution in [1.82, 2.24) is 20.2 Å². The highest BCUT2D eigenvalue weighted by Gasteiger charge is 2.11. The van der Waals surface area contributed by atoms with Crippen LogP contribution in [0, 0.1) is 0 Å². The van der Waals surface area contributed by atoms with Crippen LogP contribution in [0.3, 0.4) is 0 Å². The Labute approximate surface area is 116 Å². The number of nitrogens with zero attached hydrogens (tertiary/aromatic N) is 3. The molecule has 100 valence electrons. The maximum atomic E-state index is 11.9. The van der Waals surface area contributed by atoms with E-state index in [-0.39, 0.29) is 5.91 Å². The second-order valence-corrected chi connectivity index (χ2v) is 5.17. The van der Waals surface area contributed by atoms with Crippen molar-refractivity contribution in [2.75, 3.05) is 27.2 Å². The van der Waals surface area contributed by atoms with Crippen molar-refractivity contribution in [2.24, 2.45) is 0 Å². The highest BCUT2D eigenvalue weighted by Crippen LogP contribution is 2.21. The quantitative estimate of drug-likeness (QED) is 0.899. The molecule has 6 heteroatoms. The van der Waals surface area contributed by atoms with Crippen molar-refractivity contribution in [3.63, 3.8) is 0 Å². The Balaban J connectivity index is 1.99. The lowest BCUT2D eigenvalue weighted by Crippen LogP contribution is -2.31. The number of aromatic nitrogens is 2. The summed E-state index contributed by atoms with van der Waals surface area (Å²) in [5.74, 6) is -0.139. The number of nitrogens with one attached hydrogen (secondary N) is 1. The van der Waals surface area contributed by atoms with Gasteiger partial charge < -0.3 is 10.2 Å². The van der Waals surface area contributed by atoms with E-state index in [4.69, 9.17) is 0 Å². The normalized spacial score (nSPS) is 10.7. The number of amides is 1. The molecule has 0 saturated heterocycles. The molecule has 1 amide bonds. The SMILES string of the molecule is CN(C)CCNC(=O)c1csc(-c2ccccn2)n1. The smallest absolute Gasteiger partial charge is 0.270 e. The average Bonchev–Trinajstić information content (AvgIpc) is 2.89. The van der Waals surface area contributed by atoms with Gasteiger partial charge in [-0.1, -0.05) is 6.07 Å². The second kappa shape index (κ2) is 6.40. The van der Waals surface area contributed by atoms with Crippen molar-refractivity contribution >= 4 is 17.2 Å². The van der Waals surface area contributed by atoms with Gasteiger partial charge in [0.2, 0.25) is 0 Å². The van der Waals surface area contributed by atoms with Crippen molar-refractivity contribution in [3.8, 4) is 10.7 Å². The summed E-state index contributed by atoms with van der Waals surface area (Å²) < 4.78 is 0. The van der Waals surface area contributed by atoms with Gasteiger partial charge in [-0.3, -0.25) is 9.78 Å². The summed E-state index contributed by atoms with van der Waals surface area (Å²) in [6, 6.07) is 5.64. The number of thiazole rings is 1. The zero-order valence-corrected chi connectivity index (χ0v) is 11.8. The van der Waals surface area contributed by atoms with Gasteiger partial charge in [0.05, 0.1) is 5.69 Å². The summed E-state index contributed by atoms with van der Waals surface area (Å²) in [6.07, 6.45) is 1.72. The molecule has 0 fully saturated rings. The molecule has 0 spiro atoms. The highest BCUT2D eigenvalue weighted by molar-refractivity contribution is 7.13. The van der Waals surface area contributed by atoms with Crippen LogP contribution < -0.4 is 5.32 Å². The molecular weight excluding hydrogens is 260 g/mol. The van der Waals surface area contributed by atoms with Crippen LogP contribution in [0.25, 0.3) is 10.7 Å². The number of hydrogen-bond donors (Lipinski definition) is 1. The van der Waals surface area contributed by atoms with Gasteiger partial charge in [0.1, 0.15) is 10.7 Å². The topological polar surface area (TPSA) is 58.1 Å². The maximum absolute atomic E-state index is 11.9. The van der Waals surface area contributed by atoms with Gasteiger partial charge in [-0.15, -0.1) is 11.3 Å². The van der Waals surface area contributed by atoms with E-state index in [9.17, 15) is 4.79 Å². The third kappa shape index (κ3) is 3.84. The number of carbonyl (C=O) groups is 1. The van der Waals surface area contributed by atoms with Gasteiger partial charge in [0.15, 0.2) is 0 Å². The van der Waals surface area contributed by atoms with E-state index in [2.05, 4.69) is 15.3 Å². The fourth-order valence-corrected chi connectivity index (χ4v) is 2.24. The number of likely N-dealkylation sites (N-methyl/N-ethyl adjacent to an activating group) is 1. The minimum atomic E-state index is -0.139. The lowest BCUT2D eigenvalue weighted by atomic mass is 10.3. The summed E-state index contributed by atoms with van der Waals surface area (Å²) in [7, 11) is 3.93. The minimum Gasteiger partial charge on any atom is -0.349 e. The summed E-state index contributed by atoms with van der Waals surface area (Å²) in [4.78, 5) is 22.4. The summed E-state index contributed by atoms with van der Waals surface area (Å²) in [6.45, 7) is 1.42. The van der Waals surface area contributed by atoms with E-state index in [0.717, 1.165) is 17.2 Å². The Kier molecular flexibility index (Phi) is 4.59. The zero-order chi connectivity index (χ0) is 13.7. The van der Waals surface area contributed by atoms with Gasteiger partial charge in [-0.2, -0.15) is 0 Å². The minimum absolute atomic E-state index is 0.139. The van der Waals surface area contributed by atoms with Crippen LogP contribution in [0.1, 0.15) is 10.5 Å². The largest absolute Gasteiger partial charge is 0.349 e. The number of carbonyl (C=O) groups excluding carboxylic acids is 1. The lowest BCUT2D eigenvalue weighted by Gasteiger charge is -2.09. The van der Waals surface area contributed by atoms with Crippen LogP contribution in [0.2, 0.25) is 0 Å². The predicted molar refractivity (Wildman–Crippen MR) is 76.2 cm³/mol. The Morgan fingerprint density at radius 3 is 2.95 bits per heavy atom. The van der Waals surface area contributed by atoms with Gasteiger partial charge in [0, 0.05) is 24.7 Å². The summed E-state index contributed by atoms with van der Waals surface area (Å²) >= 11 is 1.43. The van der Waals surface area contributed by atoms with Crippen LogP contribution in [0.15, 0.2) is 29.8 Å². The monoisotopic (exact) mass is 276 g/mol. The van der Waals surface area contributed by atoms with Crippen LogP contribution in [-0.2, 0) is 0 Å².